The maximum Gasteiger partial charge on any atom is 0.202 e. The Kier molecular flexibility index (Phi) is 6.99. The van der Waals surface area contributed by atoms with Gasteiger partial charge in [-0.2, -0.15) is 4.91 Å². The van der Waals surface area contributed by atoms with Crippen molar-refractivity contribution in [2.45, 2.75) is 63.3 Å². The number of fused-ring (bicyclic) bond motifs is 3. The van der Waals surface area contributed by atoms with Crippen molar-refractivity contribution in [1.82, 2.24) is 0 Å². The van der Waals surface area contributed by atoms with Crippen LogP contribution >= 0.6 is 0 Å². The standard InChI is InChI=1S/C28H29NO11/c1-11-12(2)39-19(7-15(11)29-37)40-17-9-28(36,18(31)10-30)8-14-21(17)27(35)23-22(25(14)33)24(32)13-5-4-6-16(38-3)20(13)26(23)34/h4-6,11-12,15,17,19,30,33,35-36H,7-10H2,1-3H3/t11?,12?,15?,17-,19-,28-/m0/s1. The Hall–Kier alpha value is -3.71. The summed E-state index contributed by atoms with van der Waals surface area (Å²) in [7, 11) is 1.32. The Labute approximate surface area is 228 Å². The number of carbonyl (C=O) groups is 3. The van der Waals surface area contributed by atoms with Crippen LogP contribution in [0.4, 0.5) is 0 Å². The fourth-order valence-corrected chi connectivity index (χ4v) is 5.95. The van der Waals surface area contributed by atoms with E-state index in [0.29, 0.717) is 0 Å². The van der Waals surface area contributed by atoms with E-state index in [0.717, 1.165) is 0 Å². The number of ketones is 3. The fourth-order valence-electron chi connectivity index (χ4n) is 5.95. The fraction of sp³-hybridized carbons (Fsp3) is 0.464. The molecule has 5 rings (SSSR count). The van der Waals surface area contributed by atoms with Gasteiger partial charge < -0.3 is 34.6 Å². The Balaban J connectivity index is 1.68. The van der Waals surface area contributed by atoms with E-state index >= 15 is 0 Å². The van der Waals surface area contributed by atoms with Gasteiger partial charge in [0.25, 0.3) is 0 Å². The topological polar surface area (TPSA) is 189 Å². The summed E-state index contributed by atoms with van der Waals surface area (Å²) >= 11 is 0. The third-order valence-electron chi connectivity index (χ3n) is 8.34. The van der Waals surface area contributed by atoms with Gasteiger partial charge in [0, 0.05) is 41.9 Å². The molecule has 1 aliphatic heterocycles. The maximum absolute atomic E-state index is 13.7. The minimum Gasteiger partial charge on any atom is -0.507 e. The Morgan fingerprint density at radius 1 is 1.12 bits per heavy atom. The van der Waals surface area contributed by atoms with Crippen molar-refractivity contribution in [3.05, 3.63) is 56.5 Å². The number of hydrogen-bond acceptors (Lipinski definition) is 12. The summed E-state index contributed by atoms with van der Waals surface area (Å²) in [5.41, 5.74) is -3.64. The number of methoxy groups -OCH3 is 1. The van der Waals surface area contributed by atoms with Crippen LogP contribution in [0.15, 0.2) is 23.4 Å². The summed E-state index contributed by atoms with van der Waals surface area (Å²) in [6.07, 6.45) is -3.87. The van der Waals surface area contributed by atoms with E-state index in [4.69, 9.17) is 14.2 Å². The van der Waals surface area contributed by atoms with Gasteiger partial charge in [-0.15, -0.1) is 0 Å². The first-order chi connectivity index (χ1) is 19.0. The molecule has 4 N–H and O–H groups in total. The van der Waals surface area contributed by atoms with Crippen molar-refractivity contribution < 1.29 is 49.0 Å². The van der Waals surface area contributed by atoms with E-state index in [9.17, 15) is 39.7 Å². The molecule has 0 spiro atoms. The number of aliphatic hydroxyl groups excluding tert-OH is 1. The lowest BCUT2D eigenvalue weighted by atomic mass is 9.72. The van der Waals surface area contributed by atoms with Gasteiger partial charge in [0.2, 0.25) is 5.78 Å². The van der Waals surface area contributed by atoms with Gasteiger partial charge in [-0.25, -0.2) is 0 Å². The SMILES string of the molecule is COc1cccc2c1C(=O)c1c(O)c3c(c(O)c1C2=O)C[C@@](O)(C(=O)CO)C[C@@H]3O[C@H]1CC(N=O)C(C)C(C)O1. The number of hydrogen-bond donors (Lipinski definition) is 4. The number of aromatic hydroxyl groups is 2. The molecule has 0 amide bonds. The van der Waals surface area contributed by atoms with E-state index < -0.39 is 89.6 Å². The maximum atomic E-state index is 13.7. The molecule has 1 saturated heterocycles. The lowest BCUT2D eigenvalue weighted by molar-refractivity contribution is -0.236. The first kappa shape index (κ1) is 27.8. The number of phenols is 2. The van der Waals surface area contributed by atoms with E-state index in [1.165, 1.54) is 25.3 Å². The quantitative estimate of drug-likeness (QED) is 0.257. The van der Waals surface area contributed by atoms with Gasteiger partial charge >= 0.3 is 0 Å². The highest BCUT2D eigenvalue weighted by Crippen LogP contribution is 2.52. The van der Waals surface area contributed by atoms with Crippen LogP contribution in [0.1, 0.15) is 75.8 Å². The van der Waals surface area contributed by atoms with Gasteiger partial charge in [-0.05, 0) is 13.0 Å². The number of benzene rings is 2. The molecule has 1 fully saturated rings. The summed E-state index contributed by atoms with van der Waals surface area (Å²) in [4.78, 5) is 51.3. The van der Waals surface area contributed by atoms with Crippen LogP contribution in [0, 0.1) is 10.8 Å². The second kappa shape index (κ2) is 10.0. The van der Waals surface area contributed by atoms with Crippen molar-refractivity contribution in [3.8, 4) is 17.2 Å². The molecule has 6 atom stereocenters. The Morgan fingerprint density at radius 3 is 2.48 bits per heavy atom. The molecule has 1 heterocycles. The molecule has 2 aromatic carbocycles. The number of nitrogens with zero attached hydrogens (tertiary/aromatic N) is 1. The molecule has 0 saturated carbocycles. The largest absolute Gasteiger partial charge is 0.507 e. The number of Topliss-reactive ketones (excluding diaryl/α,β-unsaturated/α-hetero) is 1. The zero-order valence-electron chi connectivity index (χ0n) is 22.0. The molecule has 3 aliphatic rings. The summed E-state index contributed by atoms with van der Waals surface area (Å²) in [5, 5.41) is 46.9. The number of nitroso groups, excluding NO2 is 1. The highest BCUT2D eigenvalue weighted by molar-refractivity contribution is 6.31. The van der Waals surface area contributed by atoms with E-state index in [1.807, 2.05) is 0 Å². The van der Waals surface area contributed by atoms with Gasteiger partial charge in [0.05, 0.1) is 36.0 Å². The molecule has 3 unspecified atom stereocenters. The first-order valence-corrected chi connectivity index (χ1v) is 12.8. The number of carbonyl (C=O) groups excluding carboxylic acids is 3. The van der Waals surface area contributed by atoms with Gasteiger partial charge in [-0.1, -0.05) is 24.2 Å². The average Bonchev–Trinajstić information content (AvgIpc) is 2.94. The lowest BCUT2D eigenvalue weighted by Gasteiger charge is -2.42. The summed E-state index contributed by atoms with van der Waals surface area (Å²) < 4.78 is 17.2. The third-order valence-corrected chi connectivity index (χ3v) is 8.34. The van der Waals surface area contributed by atoms with Crippen LogP contribution in [-0.2, 0) is 20.7 Å². The van der Waals surface area contributed by atoms with Crippen molar-refractivity contribution in [2.75, 3.05) is 13.7 Å². The lowest BCUT2D eigenvalue weighted by Crippen LogP contribution is -2.48. The van der Waals surface area contributed by atoms with Gasteiger partial charge in [0.1, 0.15) is 35.5 Å². The smallest absolute Gasteiger partial charge is 0.202 e. The van der Waals surface area contributed by atoms with Crippen molar-refractivity contribution >= 4 is 17.3 Å². The van der Waals surface area contributed by atoms with E-state index in [2.05, 4.69) is 5.18 Å². The van der Waals surface area contributed by atoms with Crippen LogP contribution in [0.5, 0.6) is 17.2 Å². The molecule has 0 radical (unpaired) electrons. The van der Waals surface area contributed by atoms with Gasteiger partial charge in [0.15, 0.2) is 17.9 Å². The van der Waals surface area contributed by atoms with Crippen LogP contribution in [0.3, 0.4) is 0 Å². The molecule has 12 nitrogen and oxygen atoms in total. The highest BCUT2D eigenvalue weighted by Gasteiger charge is 2.50. The molecule has 0 bridgehead atoms. The van der Waals surface area contributed by atoms with Crippen LogP contribution in [0.2, 0.25) is 0 Å². The highest BCUT2D eigenvalue weighted by atomic mass is 16.7. The first-order valence-electron chi connectivity index (χ1n) is 12.8. The summed E-state index contributed by atoms with van der Waals surface area (Å²) in [6, 6.07) is 3.70. The van der Waals surface area contributed by atoms with Crippen molar-refractivity contribution in [1.29, 1.82) is 0 Å². The van der Waals surface area contributed by atoms with Crippen LogP contribution in [0.25, 0.3) is 0 Å². The Morgan fingerprint density at radius 2 is 1.82 bits per heavy atom. The van der Waals surface area contributed by atoms with Crippen LogP contribution < -0.4 is 4.74 Å². The predicted molar refractivity (Wildman–Crippen MR) is 137 cm³/mol. The summed E-state index contributed by atoms with van der Waals surface area (Å²) in [6.45, 7) is 2.51. The number of phenolic OH excluding ortho intramolecular Hbond substituents is 2. The van der Waals surface area contributed by atoms with Crippen molar-refractivity contribution in [3.63, 3.8) is 0 Å². The Bertz CT molecular complexity index is 1440. The third kappa shape index (κ3) is 4.10. The monoisotopic (exact) mass is 555 g/mol. The van der Waals surface area contributed by atoms with E-state index in [-0.39, 0.29) is 40.3 Å². The molecule has 40 heavy (non-hydrogen) atoms. The number of aliphatic hydroxyl groups is 2. The molecule has 0 aromatic heterocycles. The number of rotatable bonds is 6. The van der Waals surface area contributed by atoms with Gasteiger partial charge in [-0.3, -0.25) is 14.4 Å². The zero-order chi connectivity index (χ0) is 29.1. The second-order valence-corrected chi connectivity index (χ2v) is 10.5. The number of ether oxygens (including phenoxy) is 3. The minimum absolute atomic E-state index is 0.0346. The minimum atomic E-state index is -2.25. The molecule has 12 heteroatoms. The molecule has 2 aliphatic carbocycles. The molecule has 2 aromatic rings. The zero-order valence-corrected chi connectivity index (χ0v) is 22.0. The normalized spacial score (nSPS) is 29.3. The summed E-state index contributed by atoms with van der Waals surface area (Å²) in [5.74, 6) is -4.00. The average molecular weight is 556 g/mol. The second-order valence-electron chi connectivity index (χ2n) is 10.5. The van der Waals surface area contributed by atoms with Crippen molar-refractivity contribution in [2.24, 2.45) is 11.1 Å². The molecular weight excluding hydrogens is 526 g/mol. The predicted octanol–water partition coefficient (Wildman–Crippen LogP) is 2.08. The van der Waals surface area contributed by atoms with Crippen LogP contribution in [-0.4, -0.2) is 75.5 Å². The molecule has 212 valence electrons. The molecular formula is C28H29NO11. The van der Waals surface area contributed by atoms with E-state index in [1.54, 1.807) is 13.8 Å².